The molecule has 1 aromatic carbocycles. The fourth-order valence-corrected chi connectivity index (χ4v) is 3.34. The van der Waals surface area contributed by atoms with Crippen molar-refractivity contribution in [1.82, 2.24) is 14.6 Å². The van der Waals surface area contributed by atoms with Crippen molar-refractivity contribution in [3.8, 4) is 0 Å². The number of nitrogens with zero attached hydrogens (tertiary/aromatic N) is 2. The summed E-state index contributed by atoms with van der Waals surface area (Å²) in [6.45, 7) is 2.96. The molecule has 0 saturated heterocycles. The number of fused-ring (bicyclic) bond motifs is 1. The summed E-state index contributed by atoms with van der Waals surface area (Å²) in [5, 5.41) is 3.79. The van der Waals surface area contributed by atoms with Crippen LogP contribution in [-0.4, -0.2) is 44.9 Å². The van der Waals surface area contributed by atoms with Crippen molar-refractivity contribution >= 4 is 20.9 Å². The van der Waals surface area contributed by atoms with Crippen LogP contribution in [-0.2, 0) is 10.0 Å². The molecule has 0 radical (unpaired) electrons. The Hall–Kier alpha value is -1.50. The number of hydrogen-bond acceptors (Lipinski definition) is 4. The molecule has 0 aliphatic rings. The van der Waals surface area contributed by atoms with E-state index in [1.165, 1.54) is 4.31 Å². The van der Waals surface area contributed by atoms with Gasteiger partial charge in [-0.25, -0.2) is 8.42 Å². The zero-order valence-electron chi connectivity index (χ0n) is 11.9. The summed E-state index contributed by atoms with van der Waals surface area (Å²) in [6, 6.07) is 7.18. The van der Waals surface area contributed by atoms with E-state index in [1.54, 1.807) is 32.4 Å². The van der Waals surface area contributed by atoms with Crippen LogP contribution in [0.4, 0.5) is 0 Å². The van der Waals surface area contributed by atoms with Crippen molar-refractivity contribution in [2.45, 2.75) is 11.8 Å². The minimum atomic E-state index is -3.52. The quantitative estimate of drug-likeness (QED) is 0.905. The third-order valence-electron chi connectivity index (χ3n) is 3.18. The molecule has 0 spiro atoms. The van der Waals surface area contributed by atoms with E-state index < -0.39 is 10.0 Å². The van der Waals surface area contributed by atoms with Crippen molar-refractivity contribution in [3.05, 3.63) is 36.0 Å². The van der Waals surface area contributed by atoms with Gasteiger partial charge < -0.3 is 5.32 Å². The van der Waals surface area contributed by atoms with Gasteiger partial charge in [0.15, 0.2) is 0 Å². The molecule has 1 aromatic heterocycles. The number of pyridine rings is 1. The number of benzene rings is 1. The average Bonchev–Trinajstić information content (AvgIpc) is 2.43. The predicted octanol–water partition coefficient (Wildman–Crippen LogP) is 1.38. The summed E-state index contributed by atoms with van der Waals surface area (Å²) in [4.78, 5) is 4.55. The second kappa shape index (κ2) is 5.87. The van der Waals surface area contributed by atoms with Gasteiger partial charge in [-0.2, -0.15) is 4.31 Å². The molecule has 0 aliphatic carbocycles. The second-order valence-corrected chi connectivity index (χ2v) is 6.78. The molecule has 0 aliphatic heterocycles. The van der Waals surface area contributed by atoms with Gasteiger partial charge in [0, 0.05) is 31.7 Å². The summed E-state index contributed by atoms with van der Waals surface area (Å²) in [5.74, 6) is 0. The molecule has 108 valence electrons. The van der Waals surface area contributed by atoms with Crippen LogP contribution in [0.15, 0.2) is 35.4 Å². The Balaban J connectivity index is 2.52. The van der Waals surface area contributed by atoms with Crippen LogP contribution in [0.1, 0.15) is 5.56 Å². The topological polar surface area (TPSA) is 62.3 Å². The van der Waals surface area contributed by atoms with Gasteiger partial charge in [0.05, 0.1) is 5.52 Å². The first-order valence-electron chi connectivity index (χ1n) is 6.43. The standard InChI is InChI=1S/C14H19N3O2S/c1-11-9-12-5-4-6-13(14(12)16-10-11)20(18,19)17(3)8-7-15-2/h4-6,9-10,15H,7-8H2,1-3H3. The Bertz CT molecular complexity index is 713. The molecule has 0 fully saturated rings. The maximum absolute atomic E-state index is 12.6. The first kappa shape index (κ1) is 14.9. The van der Waals surface area contributed by atoms with Crippen molar-refractivity contribution in [2.24, 2.45) is 0 Å². The van der Waals surface area contributed by atoms with Gasteiger partial charge in [-0.1, -0.05) is 12.1 Å². The number of aromatic nitrogens is 1. The summed E-state index contributed by atoms with van der Waals surface area (Å²) in [6.07, 6.45) is 1.69. The SMILES string of the molecule is CNCCN(C)S(=O)(=O)c1cccc2cc(C)cnc12. The highest BCUT2D eigenvalue weighted by atomic mass is 32.2. The monoisotopic (exact) mass is 293 g/mol. The first-order valence-corrected chi connectivity index (χ1v) is 7.87. The Morgan fingerprint density at radius 2 is 2.10 bits per heavy atom. The number of rotatable bonds is 5. The smallest absolute Gasteiger partial charge is 0.245 e. The molecule has 0 atom stereocenters. The number of sulfonamides is 1. The largest absolute Gasteiger partial charge is 0.318 e. The lowest BCUT2D eigenvalue weighted by atomic mass is 10.2. The van der Waals surface area contributed by atoms with Gasteiger partial charge in [0.2, 0.25) is 10.0 Å². The molecule has 0 bridgehead atoms. The van der Waals surface area contributed by atoms with Crippen LogP contribution >= 0.6 is 0 Å². The van der Waals surface area contributed by atoms with Gasteiger partial charge in [-0.3, -0.25) is 4.98 Å². The van der Waals surface area contributed by atoms with Gasteiger partial charge >= 0.3 is 0 Å². The van der Waals surface area contributed by atoms with Crippen molar-refractivity contribution in [2.75, 3.05) is 27.2 Å². The molecular formula is C14H19N3O2S. The molecule has 1 N–H and O–H groups in total. The molecule has 0 amide bonds. The second-order valence-electron chi connectivity index (χ2n) is 4.77. The van der Waals surface area contributed by atoms with Crippen molar-refractivity contribution in [3.63, 3.8) is 0 Å². The molecule has 0 unspecified atom stereocenters. The van der Waals surface area contributed by atoms with Crippen molar-refractivity contribution < 1.29 is 8.42 Å². The molecule has 20 heavy (non-hydrogen) atoms. The molecule has 2 rings (SSSR count). The molecular weight excluding hydrogens is 274 g/mol. The van der Waals surface area contributed by atoms with Crippen LogP contribution in [0.2, 0.25) is 0 Å². The minimum Gasteiger partial charge on any atom is -0.318 e. The molecule has 2 aromatic rings. The van der Waals surface area contributed by atoms with E-state index in [1.807, 2.05) is 19.1 Å². The summed E-state index contributed by atoms with van der Waals surface area (Å²) in [7, 11) is -0.142. The van der Waals surface area contributed by atoms with Crippen molar-refractivity contribution in [1.29, 1.82) is 0 Å². The lowest BCUT2D eigenvalue weighted by molar-refractivity contribution is 0.466. The highest BCUT2D eigenvalue weighted by Crippen LogP contribution is 2.23. The van der Waals surface area contributed by atoms with Gasteiger partial charge in [-0.15, -0.1) is 0 Å². The maximum atomic E-state index is 12.6. The summed E-state index contributed by atoms with van der Waals surface area (Å²) < 4.78 is 26.5. The van der Waals surface area contributed by atoms with Gasteiger partial charge in [-0.05, 0) is 31.7 Å². The van der Waals surface area contributed by atoms with E-state index in [0.717, 1.165) is 10.9 Å². The third-order valence-corrected chi connectivity index (χ3v) is 5.06. The van der Waals surface area contributed by atoms with E-state index in [4.69, 9.17) is 0 Å². The average molecular weight is 293 g/mol. The fourth-order valence-electron chi connectivity index (χ4n) is 2.01. The normalized spacial score (nSPS) is 12.2. The Morgan fingerprint density at radius 3 is 2.80 bits per heavy atom. The minimum absolute atomic E-state index is 0.258. The number of hydrogen-bond donors (Lipinski definition) is 1. The lowest BCUT2D eigenvalue weighted by Gasteiger charge is -2.17. The third kappa shape index (κ3) is 2.82. The highest BCUT2D eigenvalue weighted by molar-refractivity contribution is 7.89. The van der Waals surface area contributed by atoms with Gasteiger partial charge in [0.25, 0.3) is 0 Å². The summed E-state index contributed by atoms with van der Waals surface area (Å²) >= 11 is 0. The van der Waals surface area contributed by atoms with E-state index in [9.17, 15) is 8.42 Å². The fraction of sp³-hybridized carbons (Fsp3) is 0.357. The van der Waals surface area contributed by atoms with E-state index in [2.05, 4.69) is 10.3 Å². The predicted molar refractivity (Wildman–Crippen MR) is 80.2 cm³/mol. The number of aryl methyl sites for hydroxylation is 1. The zero-order chi connectivity index (χ0) is 14.8. The Labute approximate surface area is 119 Å². The molecule has 5 nitrogen and oxygen atoms in total. The van der Waals surface area contributed by atoms with Crippen LogP contribution in [0, 0.1) is 6.92 Å². The molecule has 1 heterocycles. The first-order chi connectivity index (χ1) is 9.46. The van der Waals surface area contributed by atoms with Crippen LogP contribution in [0.25, 0.3) is 10.9 Å². The number of para-hydroxylation sites is 1. The molecule has 6 heteroatoms. The van der Waals surface area contributed by atoms with E-state index in [-0.39, 0.29) is 4.90 Å². The van der Waals surface area contributed by atoms with Crippen LogP contribution in [0.5, 0.6) is 0 Å². The highest BCUT2D eigenvalue weighted by Gasteiger charge is 2.23. The number of nitrogens with one attached hydrogen (secondary N) is 1. The van der Waals surface area contributed by atoms with Crippen LogP contribution < -0.4 is 5.32 Å². The Morgan fingerprint density at radius 1 is 1.35 bits per heavy atom. The Kier molecular flexibility index (Phi) is 4.37. The summed E-state index contributed by atoms with van der Waals surface area (Å²) in [5.41, 5.74) is 1.53. The lowest BCUT2D eigenvalue weighted by Crippen LogP contribution is -2.33. The number of likely N-dealkylation sites (N-methyl/N-ethyl adjacent to an activating group) is 2. The zero-order valence-corrected chi connectivity index (χ0v) is 12.7. The van der Waals surface area contributed by atoms with E-state index >= 15 is 0 Å². The maximum Gasteiger partial charge on any atom is 0.245 e. The van der Waals surface area contributed by atoms with E-state index in [0.29, 0.717) is 18.6 Å². The van der Waals surface area contributed by atoms with Gasteiger partial charge in [0.1, 0.15) is 4.90 Å². The molecule has 0 saturated carbocycles. The van der Waals surface area contributed by atoms with Crippen LogP contribution in [0.3, 0.4) is 0 Å².